The first-order valence-electron chi connectivity index (χ1n) is 4.87. The summed E-state index contributed by atoms with van der Waals surface area (Å²) in [5, 5.41) is 2.96. The van der Waals surface area contributed by atoms with Crippen molar-refractivity contribution >= 4 is 21.7 Å². The van der Waals surface area contributed by atoms with E-state index < -0.39 is 0 Å². The first-order valence-corrected chi connectivity index (χ1v) is 5.66. The molecule has 0 bridgehead atoms. The third kappa shape index (κ3) is 2.52. The lowest BCUT2D eigenvalue weighted by atomic mass is 10.3. The molecule has 16 heavy (non-hydrogen) atoms. The van der Waals surface area contributed by atoms with E-state index in [1.807, 2.05) is 49.5 Å². The number of benzene rings is 1. The first kappa shape index (κ1) is 11.0. The number of pyridine rings is 1. The molecule has 0 saturated carbocycles. The molecule has 0 saturated heterocycles. The Bertz CT molecular complexity index is 488. The van der Waals surface area contributed by atoms with Crippen molar-refractivity contribution in [1.82, 2.24) is 4.98 Å². The zero-order valence-electron chi connectivity index (χ0n) is 8.77. The molecule has 0 aliphatic heterocycles. The van der Waals surface area contributed by atoms with E-state index in [1.54, 1.807) is 0 Å². The van der Waals surface area contributed by atoms with E-state index in [2.05, 4.69) is 26.2 Å². The van der Waals surface area contributed by atoms with Crippen molar-refractivity contribution < 1.29 is 4.74 Å². The highest BCUT2D eigenvalue weighted by molar-refractivity contribution is 9.10. The molecule has 0 aliphatic carbocycles. The number of halogens is 1. The third-order valence-corrected chi connectivity index (χ3v) is 2.69. The molecule has 3 nitrogen and oxygen atoms in total. The third-order valence-electron chi connectivity index (χ3n) is 2.03. The molecule has 1 N–H and O–H groups in total. The molecule has 0 amide bonds. The van der Waals surface area contributed by atoms with Crippen LogP contribution >= 0.6 is 15.9 Å². The molecule has 2 rings (SSSR count). The van der Waals surface area contributed by atoms with Crippen LogP contribution in [0.4, 0.5) is 5.82 Å². The molecule has 0 aliphatic rings. The van der Waals surface area contributed by atoms with Gasteiger partial charge in [0.05, 0.1) is 4.47 Å². The predicted octanol–water partition coefficient (Wildman–Crippen LogP) is 3.68. The fourth-order valence-corrected chi connectivity index (χ4v) is 1.62. The van der Waals surface area contributed by atoms with Gasteiger partial charge in [-0.3, -0.25) is 0 Å². The van der Waals surface area contributed by atoms with Crippen molar-refractivity contribution in [1.29, 1.82) is 0 Å². The van der Waals surface area contributed by atoms with Crippen LogP contribution < -0.4 is 10.1 Å². The van der Waals surface area contributed by atoms with E-state index in [9.17, 15) is 0 Å². The van der Waals surface area contributed by atoms with Crippen LogP contribution in [0.25, 0.3) is 0 Å². The van der Waals surface area contributed by atoms with E-state index in [-0.39, 0.29) is 0 Å². The smallest absolute Gasteiger partial charge is 0.221 e. The summed E-state index contributed by atoms with van der Waals surface area (Å²) in [5.74, 6) is 2.10. The summed E-state index contributed by atoms with van der Waals surface area (Å²) >= 11 is 3.42. The average molecular weight is 279 g/mol. The maximum atomic E-state index is 5.65. The molecule has 82 valence electrons. The Labute approximate surface area is 103 Å². The molecule has 0 spiro atoms. The number of nitrogens with zero attached hydrogens (tertiary/aromatic N) is 1. The van der Waals surface area contributed by atoms with Crippen molar-refractivity contribution in [3.05, 3.63) is 46.9 Å². The van der Waals surface area contributed by atoms with E-state index in [0.717, 1.165) is 16.0 Å². The fraction of sp³-hybridized carbons (Fsp3) is 0.0833. The molecule has 1 heterocycles. The fourth-order valence-electron chi connectivity index (χ4n) is 1.25. The Balaban J connectivity index is 2.24. The van der Waals surface area contributed by atoms with Gasteiger partial charge in [0.15, 0.2) is 0 Å². The quantitative estimate of drug-likeness (QED) is 0.930. The van der Waals surface area contributed by atoms with Gasteiger partial charge < -0.3 is 10.1 Å². The van der Waals surface area contributed by atoms with Crippen molar-refractivity contribution in [2.24, 2.45) is 0 Å². The number of ether oxygens (including phenoxy) is 1. The minimum Gasteiger partial charge on any atom is -0.438 e. The van der Waals surface area contributed by atoms with Crippen LogP contribution in [0.1, 0.15) is 0 Å². The molecule has 0 atom stereocenters. The summed E-state index contributed by atoms with van der Waals surface area (Å²) in [6.07, 6.45) is 0. The van der Waals surface area contributed by atoms with Gasteiger partial charge in [-0.05, 0) is 34.1 Å². The molecule has 1 aromatic heterocycles. The van der Waals surface area contributed by atoms with Gasteiger partial charge in [0.25, 0.3) is 0 Å². The normalized spacial score (nSPS) is 9.88. The van der Waals surface area contributed by atoms with Gasteiger partial charge in [0, 0.05) is 13.1 Å². The molecule has 0 unspecified atom stereocenters. The largest absolute Gasteiger partial charge is 0.438 e. The number of nitrogens with one attached hydrogen (secondary N) is 1. The summed E-state index contributed by atoms with van der Waals surface area (Å²) in [4.78, 5) is 4.27. The molecule has 2 aromatic rings. The first-order chi connectivity index (χ1) is 7.79. The number of hydrogen-bond donors (Lipinski definition) is 1. The number of aromatic nitrogens is 1. The van der Waals surface area contributed by atoms with Gasteiger partial charge in [0.2, 0.25) is 5.88 Å². The van der Waals surface area contributed by atoms with Gasteiger partial charge in [-0.2, -0.15) is 4.98 Å². The maximum Gasteiger partial charge on any atom is 0.221 e. The molecule has 1 aromatic carbocycles. The van der Waals surface area contributed by atoms with Crippen LogP contribution in [-0.4, -0.2) is 12.0 Å². The van der Waals surface area contributed by atoms with Crippen LogP contribution in [-0.2, 0) is 0 Å². The van der Waals surface area contributed by atoms with Crippen LogP contribution in [0.2, 0.25) is 0 Å². The summed E-state index contributed by atoms with van der Waals surface area (Å²) in [6.45, 7) is 0. The van der Waals surface area contributed by atoms with Crippen LogP contribution in [0, 0.1) is 0 Å². The van der Waals surface area contributed by atoms with E-state index in [1.165, 1.54) is 0 Å². The van der Waals surface area contributed by atoms with Gasteiger partial charge in [-0.25, -0.2) is 0 Å². The SMILES string of the molecule is CNc1cccc(Oc2ccccc2Br)n1. The Morgan fingerprint density at radius 1 is 1.12 bits per heavy atom. The Morgan fingerprint density at radius 2 is 1.94 bits per heavy atom. The number of rotatable bonds is 3. The van der Waals surface area contributed by atoms with E-state index >= 15 is 0 Å². The Kier molecular flexibility index (Phi) is 3.41. The lowest BCUT2D eigenvalue weighted by Crippen LogP contribution is -1.94. The Hall–Kier alpha value is -1.55. The monoisotopic (exact) mass is 278 g/mol. The van der Waals surface area contributed by atoms with Gasteiger partial charge >= 0.3 is 0 Å². The van der Waals surface area contributed by atoms with Crippen LogP contribution in [0.5, 0.6) is 11.6 Å². The summed E-state index contributed by atoms with van der Waals surface area (Å²) < 4.78 is 6.56. The lowest BCUT2D eigenvalue weighted by molar-refractivity contribution is 0.461. The van der Waals surface area contributed by atoms with E-state index in [0.29, 0.717) is 5.88 Å². The number of para-hydroxylation sites is 1. The molecule has 0 radical (unpaired) electrons. The second kappa shape index (κ2) is 4.99. The minimum atomic E-state index is 0.568. The highest BCUT2D eigenvalue weighted by atomic mass is 79.9. The molecular formula is C12H11BrN2O. The van der Waals surface area contributed by atoms with Gasteiger partial charge in [-0.1, -0.05) is 18.2 Å². The van der Waals surface area contributed by atoms with Gasteiger partial charge in [-0.15, -0.1) is 0 Å². The zero-order chi connectivity index (χ0) is 11.4. The van der Waals surface area contributed by atoms with Gasteiger partial charge in [0.1, 0.15) is 11.6 Å². The second-order valence-corrected chi connectivity index (χ2v) is 4.00. The topological polar surface area (TPSA) is 34.1 Å². The number of hydrogen-bond acceptors (Lipinski definition) is 3. The summed E-state index contributed by atoms with van der Waals surface area (Å²) in [5.41, 5.74) is 0. The minimum absolute atomic E-state index is 0.568. The zero-order valence-corrected chi connectivity index (χ0v) is 10.4. The number of anilines is 1. The lowest BCUT2D eigenvalue weighted by Gasteiger charge is -2.07. The predicted molar refractivity (Wildman–Crippen MR) is 68.0 cm³/mol. The van der Waals surface area contributed by atoms with Crippen molar-refractivity contribution in [2.75, 3.05) is 12.4 Å². The molecule has 0 fully saturated rings. The highest BCUT2D eigenvalue weighted by Gasteiger charge is 2.02. The van der Waals surface area contributed by atoms with E-state index in [4.69, 9.17) is 4.74 Å². The average Bonchev–Trinajstić information content (AvgIpc) is 2.32. The summed E-state index contributed by atoms with van der Waals surface area (Å²) in [6, 6.07) is 13.3. The maximum absolute atomic E-state index is 5.65. The standard InChI is InChI=1S/C12H11BrN2O/c1-14-11-7-4-8-12(15-11)16-10-6-3-2-5-9(10)13/h2-8H,1H3,(H,14,15). The Morgan fingerprint density at radius 3 is 2.69 bits per heavy atom. The highest BCUT2D eigenvalue weighted by Crippen LogP contribution is 2.28. The van der Waals surface area contributed by atoms with Crippen LogP contribution in [0.3, 0.4) is 0 Å². The second-order valence-electron chi connectivity index (χ2n) is 3.14. The van der Waals surface area contributed by atoms with Crippen molar-refractivity contribution in [3.8, 4) is 11.6 Å². The molecule has 4 heteroatoms. The van der Waals surface area contributed by atoms with Crippen molar-refractivity contribution in [2.45, 2.75) is 0 Å². The molecular weight excluding hydrogens is 268 g/mol. The summed E-state index contributed by atoms with van der Waals surface area (Å²) in [7, 11) is 1.82. The van der Waals surface area contributed by atoms with Crippen LogP contribution in [0.15, 0.2) is 46.9 Å². The van der Waals surface area contributed by atoms with Crippen molar-refractivity contribution in [3.63, 3.8) is 0 Å².